The van der Waals surface area contributed by atoms with Gasteiger partial charge in [-0.25, -0.2) is 4.99 Å². The zero-order valence-corrected chi connectivity index (χ0v) is 17.1. The van der Waals surface area contributed by atoms with Crippen LogP contribution >= 0.6 is 15.9 Å². The fraction of sp³-hybridized carbons (Fsp3) is 0.316. The molecular weight excluding hydrogens is 414 g/mol. The van der Waals surface area contributed by atoms with E-state index in [9.17, 15) is 0 Å². The predicted molar refractivity (Wildman–Crippen MR) is 108 cm³/mol. The van der Waals surface area contributed by atoms with Crippen LogP contribution in [0.4, 0.5) is 5.69 Å². The molecule has 1 heterocycles. The molecule has 0 aliphatic carbocycles. The number of nitrogens with one attached hydrogen (secondary N) is 2. The molecule has 144 valence electrons. The van der Waals surface area contributed by atoms with Crippen molar-refractivity contribution in [3.05, 3.63) is 40.4 Å². The summed E-state index contributed by atoms with van der Waals surface area (Å²) in [7, 11) is 3.22. The normalized spacial score (nSPS) is 12.7. The van der Waals surface area contributed by atoms with E-state index in [-0.39, 0.29) is 6.79 Å². The molecule has 0 spiro atoms. The van der Waals surface area contributed by atoms with E-state index < -0.39 is 0 Å². The summed E-state index contributed by atoms with van der Waals surface area (Å²) < 4.78 is 22.4. The van der Waals surface area contributed by atoms with Gasteiger partial charge in [-0.2, -0.15) is 0 Å². The van der Waals surface area contributed by atoms with Crippen molar-refractivity contribution in [2.75, 3.05) is 32.9 Å². The van der Waals surface area contributed by atoms with Crippen LogP contribution < -0.4 is 29.6 Å². The molecule has 7 nitrogen and oxygen atoms in total. The molecule has 8 heteroatoms. The third kappa shape index (κ3) is 4.57. The first-order valence-corrected chi connectivity index (χ1v) is 9.29. The van der Waals surface area contributed by atoms with Gasteiger partial charge in [0.05, 0.1) is 25.2 Å². The number of benzene rings is 2. The number of methoxy groups -OCH3 is 2. The van der Waals surface area contributed by atoms with Gasteiger partial charge in [0.2, 0.25) is 6.79 Å². The van der Waals surface area contributed by atoms with Gasteiger partial charge in [-0.05, 0) is 52.7 Å². The summed E-state index contributed by atoms with van der Waals surface area (Å²) in [6, 6.07) is 9.54. The highest BCUT2D eigenvalue weighted by molar-refractivity contribution is 9.10. The van der Waals surface area contributed by atoms with Crippen LogP contribution in [0.2, 0.25) is 0 Å². The van der Waals surface area contributed by atoms with Crippen LogP contribution in [-0.2, 0) is 6.54 Å². The Hall–Kier alpha value is -2.61. The van der Waals surface area contributed by atoms with E-state index in [1.165, 1.54) is 0 Å². The number of aliphatic imine (C=N–C) groups is 1. The summed E-state index contributed by atoms with van der Waals surface area (Å²) in [6.45, 7) is 3.48. The van der Waals surface area contributed by atoms with Crippen molar-refractivity contribution in [3.63, 3.8) is 0 Å². The minimum absolute atomic E-state index is 0.240. The molecule has 0 radical (unpaired) electrons. The lowest BCUT2D eigenvalue weighted by Crippen LogP contribution is -2.30. The summed E-state index contributed by atoms with van der Waals surface area (Å²) in [5.74, 6) is 3.46. The van der Waals surface area contributed by atoms with Gasteiger partial charge in [0.25, 0.3) is 0 Å². The van der Waals surface area contributed by atoms with Crippen LogP contribution in [0.5, 0.6) is 23.0 Å². The minimum atomic E-state index is 0.240. The van der Waals surface area contributed by atoms with E-state index in [0.29, 0.717) is 24.0 Å². The first-order valence-electron chi connectivity index (χ1n) is 8.50. The fourth-order valence-electron chi connectivity index (χ4n) is 2.64. The van der Waals surface area contributed by atoms with Crippen molar-refractivity contribution in [3.8, 4) is 23.0 Å². The molecule has 27 heavy (non-hydrogen) atoms. The Kier molecular flexibility index (Phi) is 6.28. The van der Waals surface area contributed by atoms with Crippen LogP contribution in [0.1, 0.15) is 12.5 Å². The highest BCUT2D eigenvalue weighted by Gasteiger charge is 2.17. The number of ether oxygens (including phenoxy) is 4. The van der Waals surface area contributed by atoms with Crippen molar-refractivity contribution in [2.45, 2.75) is 13.5 Å². The fourth-order valence-corrected chi connectivity index (χ4v) is 3.24. The zero-order valence-electron chi connectivity index (χ0n) is 15.5. The van der Waals surface area contributed by atoms with Crippen LogP contribution in [0.25, 0.3) is 0 Å². The van der Waals surface area contributed by atoms with Gasteiger partial charge >= 0.3 is 0 Å². The monoisotopic (exact) mass is 435 g/mol. The van der Waals surface area contributed by atoms with Gasteiger partial charge < -0.3 is 29.6 Å². The Bertz CT molecular complexity index is 842. The topological polar surface area (TPSA) is 73.3 Å². The van der Waals surface area contributed by atoms with Crippen molar-refractivity contribution >= 4 is 27.6 Å². The molecule has 0 bridgehead atoms. The van der Waals surface area contributed by atoms with E-state index in [2.05, 4.69) is 31.6 Å². The highest BCUT2D eigenvalue weighted by Crippen LogP contribution is 2.40. The van der Waals surface area contributed by atoms with E-state index in [4.69, 9.17) is 18.9 Å². The van der Waals surface area contributed by atoms with Crippen LogP contribution in [0, 0.1) is 0 Å². The lowest BCUT2D eigenvalue weighted by atomic mass is 10.2. The molecule has 2 N–H and O–H groups in total. The highest BCUT2D eigenvalue weighted by atomic mass is 79.9. The summed E-state index contributed by atoms with van der Waals surface area (Å²) in [6.07, 6.45) is 0. The van der Waals surface area contributed by atoms with Crippen molar-refractivity contribution in [1.82, 2.24) is 5.32 Å². The third-order valence-electron chi connectivity index (χ3n) is 3.90. The molecule has 0 saturated carbocycles. The van der Waals surface area contributed by atoms with E-state index in [0.717, 1.165) is 33.8 Å². The van der Waals surface area contributed by atoms with Crippen LogP contribution in [-0.4, -0.2) is 33.5 Å². The number of hydrogen-bond donors (Lipinski definition) is 2. The van der Waals surface area contributed by atoms with Crippen molar-refractivity contribution < 1.29 is 18.9 Å². The van der Waals surface area contributed by atoms with Gasteiger partial charge in [-0.3, -0.25) is 0 Å². The smallest absolute Gasteiger partial charge is 0.231 e. The van der Waals surface area contributed by atoms with E-state index in [1.54, 1.807) is 14.2 Å². The van der Waals surface area contributed by atoms with Gasteiger partial charge in [0.15, 0.2) is 29.0 Å². The van der Waals surface area contributed by atoms with Gasteiger partial charge in [-0.15, -0.1) is 0 Å². The Labute approximate surface area is 166 Å². The molecule has 2 aromatic carbocycles. The SMILES string of the molecule is CCNC(=NCc1cc(Br)c2c(c1)OCO2)Nc1ccc(OC)c(OC)c1. The Morgan fingerprint density at radius 2 is 1.96 bits per heavy atom. The second-order valence-electron chi connectivity index (χ2n) is 5.70. The van der Waals surface area contributed by atoms with Gasteiger partial charge in [0.1, 0.15) is 0 Å². The molecule has 0 saturated heterocycles. The minimum Gasteiger partial charge on any atom is -0.493 e. The number of halogens is 1. The maximum atomic E-state index is 5.46. The summed E-state index contributed by atoms with van der Waals surface area (Å²) in [4.78, 5) is 4.65. The van der Waals surface area contributed by atoms with Gasteiger partial charge in [-0.1, -0.05) is 0 Å². The molecule has 1 aliphatic heterocycles. The first-order chi connectivity index (χ1) is 13.1. The van der Waals surface area contributed by atoms with E-state index in [1.807, 2.05) is 37.3 Å². The van der Waals surface area contributed by atoms with Crippen molar-refractivity contribution in [2.24, 2.45) is 4.99 Å². The quantitative estimate of drug-likeness (QED) is 0.531. The lowest BCUT2D eigenvalue weighted by Gasteiger charge is -2.14. The average Bonchev–Trinajstić information content (AvgIpc) is 3.15. The molecule has 0 fully saturated rings. The average molecular weight is 436 g/mol. The molecule has 0 unspecified atom stereocenters. The Balaban J connectivity index is 1.76. The number of hydrogen-bond acceptors (Lipinski definition) is 5. The molecule has 2 aromatic rings. The predicted octanol–water partition coefficient (Wildman–Crippen LogP) is 3.77. The molecule has 0 aromatic heterocycles. The number of nitrogens with zero attached hydrogens (tertiary/aromatic N) is 1. The number of guanidine groups is 1. The summed E-state index contributed by atoms with van der Waals surface area (Å²) in [5.41, 5.74) is 1.86. The number of anilines is 1. The second kappa shape index (κ2) is 8.85. The largest absolute Gasteiger partial charge is 0.493 e. The molecular formula is C19H22BrN3O4. The number of rotatable bonds is 6. The lowest BCUT2D eigenvalue weighted by molar-refractivity contribution is 0.173. The van der Waals surface area contributed by atoms with Crippen molar-refractivity contribution in [1.29, 1.82) is 0 Å². The maximum Gasteiger partial charge on any atom is 0.231 e. The molecule has 3 rings (SSSR count). The standard InChI is InChI=1S/C19H22BrN3O4/c1-4-21-19(23-13-5-6-15(24-2)16(9-13)25-3)22-10-12-7-14(20)18-17(8-12)26-11-27-18/h5-9H,4,10-11H2,1-3H3,(H2,21,22,23). The number of fused-ring (bicyclic) bond motifs is 1. The molecule has 0 atom stereocenters. The third-order valence-corrected chi connectivity index (χ3v) is 4.49. The molecule has 1 aliphatic rings. The Morgan fingerprint density at radius 3 is 2.70 bits per heavy atom. The van der Waals surface area contributed by atoms with Crippen LogP contribution in [0.15, 0.2) is 39.8 Å². The van der Waals surface area contributed by atoms with Gasteiger partial charge in [0, 0.05) is 18.3 Å². The maximum absolute atomic E-state index is 5.46. The molecule has 0 amide bonds. The zero-order chi connectivity index (χ0) is 19.2. The summed E-state index contributed by atoms with van der Waals surface area (Å²) >= 11 is 3.51. The first kappa shape index (κ1) is 19.2. The van der Waals surface area contributed by atoms with E-state index >= 15 is 0 Å². The second-order valence-corrected chi connectivity index (χ2v) is 6.56. The Morgan fingerprint density at radius 1 is 1.15 bits per heavy atom. The summed E-state index contributed by atoms with van der Waals surface area (Å²) in [5, 5.41) is 6.51. The van der Waals surface area contributed by atoms with Crippen LogP contribution in [0.3, 0.4) is 0 Å².